The Balaban J connectivity index is 1.73. The van der Waals surface area contributed by atoms with Crippen LogP contribution in [0.2, 0.25) is 0 Å². The van der Waals surface area contributed by atoms with E-state index in [2.05, 4.69) is 20.6 Å². The summed E-state index contributed by atoms with van der Waals surface area (Å²) in [5, 5.41) is 5.81. The molecular formula is C15H24N4O2. The quantitative estimate of drug-likeness (QED) is 0.833. The Kier molecular flexibility index (Phi) is 4.98. The molecule has 1 heterocycles. The zero-order chi connectivity index (χ0) is 15.3. The van der Waals surface area contributed by atoms with Crippen molar-refractivity contribution < 1.29 is 9.53 Å². The molecule has 1 aromatic heterocycles. The van der Waals surface area contributed by atoms with Crippen LogP contribution in [0.4, 0.5) is 10.7 Å². The summed E-state index contributed by atoms with van der Waals surface area (Å²) in [5.41, 5.74) is 1.94. The summed E-state index contributed by atoms with van der Waals surface area (Å²) in [4.78, 5) is 20.3. The number of rotatable bonds is 4. The van der Waals surface area contributed by atoms with Gasteiger partial charge in [0.25, 0.3) is 0 Å². The number of ether oxygens (including phenoxy) is 1. The van der Waals surface area contributed by atoms with Gasteiger partial charge < -0.3 is 15.4 Å². The number of nitrogens with one attached hydrogen (secondary N) is 2. The number of anilines is 1. The van der Waals surface area contributed by atoms with Crippen LogP contribution in [-0.2, 0) is 17.6 Å². The van der Waals surface area contributed by atoms with Gasteiger partial charge in [-0.1, -0.05) is 0 Å². The number of fused-ring (bicyclic) bond motifs is 1. The Hall–Kier alpha value is -1.85. The number of aromatic nitrogens is 2. The fraction of sp³-hybridized carbons (Fsp3) is 0.667. The molecule has 0 radical (unpaired) electrons. The first-order valence-corrected chi connectivity index (χ1v) is 7.49. The molecule has 1 amide bonds. The molecule has 6 heteroatoms. The number of carbonyl (C=O) groups excluding carboxylic acids is 1. The van der Waals surface area contributed by atoms with E-state index in [1.54, 1.807) is 0 Å². The maximum Gasteiger partial charge on any atom is 0.407 e. The van der Waals surface area contributed by atoms with Crippen LogP contribution >= 0.6 is 0 Å². The van der Waals surface area contributed by atoms with Crippen LogP contribution in [0, 0.1) is 0 Å². The largest absolute Gasteiger partial charge is 0.444 e. The molecule has 116 valence electrons. The highest BCUT2D eigenvalue weighted by atomic mass is 16.6. The molecular weight excluding hydrogens is 268 g/mol. The standard InChI is InChI=1S/C15H24N4O2/c1-15(2,3)21-14(20)17-9-8-16-13-18-10-11-6-4-5-7-12(11)19-13/h10H,4-9H2,1-3H3,(H,17,20)(H,16,18,19). The SMILES string of the molecule is CC(C)(C)OC(=O)NCCNc1ncc2c(n1)CCCC2. The molecule has 1 aromatic rings. The second-order valence-electron chi connectivity index (χ2n) is 6.23. The van der Waals surface area contributed by atoms with Crippen molar-refractivity contribution in [2.45, 2.75) is 52.1 Å². The first-order valence-electron chi connectivity index (χ1n) is 7.49. The van der Waals surface area contributed by atoms with Crippen molar-refractivity contribution >= 4 is 12.0 Å². The average Bonchev–Trinajstić information content (AvgIpc) is 2.41. The van der Waals surface area contributed by atoms with Crippen molar-refractivity contribution in [1.29, 1.82) is 0 Å². The molecule has 0 atom stereocenters. The highest BCUT2D eigenvalue weighted by Crippen LogP contribution is 2.19. The highest BCUT2D eigenvalue weighted by molar-refractivity contribution is 5.67. The fourth-order valence-electron chi connectivity index (χ4n) is 2.21. The first-order chi connectivity index (χ1) is 9.94. The Morgan fingerprint density at radius 1 is 1.29 bits per heavy atom. The predicted molar refractivity (Wildman–Crippen MR) is 81.4 cm³/mol. The van der Waals surface area contributed by atoms with E-state index in [9.17, 15) is 4.79 Å². The van der Waals surface area contributed by atoms with Crippen LogP contribution in [0.3, 0.4) is 0 Å². The van der Waals surface area contributed by atoms with Crippen LogP contribution in [-0.4, -0.2) is 34.8 Å². The van der Waals surface area contributed by atoms with Crippen molar-refractivity contribution in [2.75, 3.05) is 18.4 Å². The van der Waals surface area contributed by atoms with E-state index in [0.29, 0.717) is 19.0 Å². The third-order valence-electron chi connectivity index (χ3n) is 3.14. The second kappa shape index (κ2) is 6.74. The molecule has 1 aliphatic carbocycles. The van der Waals surface area contributed by atoms with Gasteiger partial charge in [-0.05, 0) is 52.0 Å². The van der Waals surface area contributed by atoms with Crippen LogP contribution in [0.5, 0.6) is 0 Å². The van der Waals surface area contributed by atoms with Gasteiger partial charge in [0.1, 0.15) is 5.60 Å². The minimum Gasteiger partial charge on any atom is -0.444 e. The summed E-state index contributed by atoms with van der Waals surface area (Å²) < 4.78 is 5.16. The van der Waals surface area contributed by atoms with Crippen molar-refractivity contribution in [2.24, 2.45) is 0 Å². The Bertz CT molecular complexity index is 497. The zero-order valence-corrected chi connectivity index (χ0v) is 13.0. The van der Waals surface area contributed by atoms with Gasteiger partial charge in [-0.15, -0.1) is 0 Å². The smallest absolute Gasteiger partial charge is 0.407 e. The predicted octanol–water partition coefficient (Wildman–Crippen LogP) is 2.29. The molecule has 0 aromatic carbocycles. The zero-order valence-electron chi connectivity index (χ0n) is 13.0. The van der Waals surface area contributed by atoms with Crippen molar-refractivity contribution in [3.05, 3.63) is 17.5 Å². The number of hydrogen-bond acceptors (Lipinski definition) is 5. The molecule has 1 aliphatic rings. The molecule has 0 saturated carbocycles. The summed E-state index contributed by atoms with van der Waals surface area (Å²) in [6, 6.07) is 0. The lowest BCUT2D eigenvalue weighted by molar-refractivity contribution is 0.0530. The maximum absolute atomic E-state index is 11.5. The van der Waals surface area contributed by atoms with Crippen molar-refractivity contribution in [3.8, 4) is 0 Å². The lowest BCUT2D eigenvalue weighted by atomic mass is 9.98. The van der Waals surface area contributed by atoms with E-state index in [0.717, 1.165) is 18.5 Å². The number of aryl methyl sites for hydroxylation is 2. The molecule has 2 N–H and O–H groups in total. The first kappa shape index (κ1) is 15.5. The van der Waals surface area contributed by atoms with Gasteiger partial charge in [-0.2, -0.15) is 0 Å². The van der Waals surface area contributed by atoms with E-state index in [4.69, 9.17) is 4.74 Å². The monoisotopic (exact) mass is 292 g/mol. The lowest BCUT2D eigenvalue weighted by Crippen LogP contribution is -2.35. The Morgan fingerprint density at radius 3 is 2.81 bits per heavy atom. The van der Waals surface area contributed by atoms with E-state index < -0.39 is 11.7 Å². The van der Waals surface area contributed by atoms with Gasteiger partial charge >= 0.3 is 6.09 Å². The molecule has 2 rings (SSSR count). The number of amides is 1. The average molecular weight is 292 g/mol. The summed E-state index contributed by atoms with van der Waals surface area (Å²) in [7, 11) is 0. The van der Waals surface area contributed by atoms with E-state index in [-0.39, 0.29) is 0 Å². The molecule has 0 unspecified atom stereocenters. The number of alkyl carbamates (subject to hydrolysis) is 1. The van der Waals surface area contributed by atoms with E-state index in [1.807, 2.05) is 27.0 Å². The van der Waals surface area contributed by atoms with E-state index in [1.165, 1.54) is 18.4 Å². The molecule has 0 fully saturated rings. The fourth-order valence-corrected chi connectivity index (χ4v) is 2.21. The maximum atomic E-state index is 11.5. The van der Waals surface area contributed by atoms with Crippen LogP contribution in [0.15, 0.2) is 6.20 Å². The van der Waals surface area contributed by atoms with Gasteiger partial charge in [0, 0.05) is 25.0 Å². The summed E-state index contributed by atoms with van der Waals surface area (Å²) in [6.07, 6.45) is 6.03. The molecule has 6 nitrogen and oxygen atoms in total. The molecule has 21 heavy (non-hydrogen) atoms. The summed E-state index contributed by atoms with van der Waals surface area (Å²) in [5.74, 6) is 0.627. The lowest BCUT2D eigenvalue weighted by Gasteiger charge is -2.19. The van der Waals surface area contributed by atoms with E-state index >= 15 is 0 Å². The van der Waals surface area contributed by atoms with Gasteiger partial charge in [-0.25, -0.2) is 14.8 Å². The Labute approximate surface area is 125 Å². The molecule has 0 saturated heterocycles. The topological polar surface area (TPSA) is 76.1 Å². The molecule has 0 spiro atoms. The van der Waals surface area contributed by atoms with Gasteiger partial charge in [0.15, 0.2) is 0 Å². The molecule has 0 bridgehead atoms. The van der Waals surface area contributed by atoms with Crippen molar-refractivity contribution in [3.63, 3.8) is 0 Å². The number of nitrogens with zero attached hydrogens (tertiary/aromatic N) is 2. The second-order valence-corrected chi connectivity index (χ2v) is 6.23. The number of carbonyl (C=O) groups is 1. The van der Waals surface area contributed by atoms with Gasteiger partial charge in [0.2, 0.25) is 5.95 Å². The van der Waals surface area contributed by atoms with Crippen LogP contribution in [0.25, 0.3) is 0 Å². The summed E-state index contributed by atoms with van der Waals surface area (Å²) >= 11 is 0. The Morgan fingerprint density at radius 2 is 2.05 bits per heavy atom. The van der Waals surface area contributed by atoms with Crippen LogP contribution < -0.4 is 10.6 Å². The normalized spacial score (nSPS) is 14.2. The number of hydrogen-bond donors (Lipinski definition) is 2. The minimum absolute atomic E-state index is 0.407. The van der Waals surface area contributed by atoms with Crippen LogP contribution in [0.1, 0.15) is 44.9 Å². The summed E-state index contributed by atoms with van der Waals surface area (Å²) in [6.45, 7) is 6.55. The highest BCUT2D eigenvalue weighted by Gasteiger charge is 2.15. The van der Waals surface area contributed by atoms with Crippen molar-refractivity contribution in [1.82, 2.24) is 15.3 Å². The molecule has 0 aliphatic heterocycles. The van der Waals surface area contributed by atoms with Gasteiger partial charge in [0.05, 0.1) is 0 Å². The van der Waals surface area contributed by atoms with Gasteiger partial charge in [-0.3, -0.25) is 0 Å². The minimum atomic E-state index is -0.473. The third kappa shape index (κ3) is 5.21. The third-order valence-corrected chi connectivity index (χ3v) is 3.14.